The number of unbranched alkanes of at least 4 members (excludes halogenated alkanes) is 2. The predicted octanol–water partition coefficient (Wildman–Crippen LogP) is 3.88. The highest BCUT2D eigenvalue weighted by Crippen LogP contribution is 2.11. The van der Waals surface area contributed by atoms with E-state index in [4.69, 9.17) is 11.6 Å². The van der Waals surface area contributed by atoms with Gasteiger partial charge in [0.1, 0.15) is 0 Å². The lowest BCUT2D eigenvalue weighted by atomic mass is 10.1. The molecule has 0 aliphatic carbocycles. The minimum Gasteiger partial charge on any atom is -0.341 e. The molecule has 0 unspecified atom stereocenters. The highest BCUT2D eigenvalue weighted by Gasteiger charge is 2.08. The summed E-state index contributed by atoms with van der Waals surface area (Å²) < 4.78 is 0. The minimum absolute atomic E-state index is 0.216. The van der Waals surface area contributed by atoms with Crippen LogP contribution in [0.15, 0.2) is 24.3 Å². The zero-order chi connectivity index (χ0) is 12.7. The van der Waals surface area contributed by atoms with E-state index in [1.807, 2.05) is 31.3 Å². The normalized spacial score (nSPS) is 10.3. The van der Waals surface area contributed by atoms with Crippen LogP contribution in [-0.2, 0) is 11.3 Å². The molecular weight excluding hydrogens is 234 g/mol. The van der Waals surface area contributed by atoms with E-state index in [1.165, 1.54) is 0 Å². The van der Waals surface area contributed by atoms with Gasteiger partial charge in [0.15, 0.2) is 0 Å². The first-order valence-electron chi connectivity index (χ1n) is 6.12. The van der Waals surface area contributed by atoms with Gasteiger partial charge in [0.2, 0.25) is 5.91 Å². The fourth-order valence-corrected chi connectivity index (χ4v) is 1.79. The summed E-state index contributed by atoms with van der Waals surface area (Å²) >= 11 is 5.81. The lowest BCUT2D eigenvalue weighted by Crippen LogP contribution is -2.25. The van der Waals surface area contributed by atoms with Gasteiger partial charge in [-0.3, -0.25) is 4.79 Å². The summed E-state index contributed by atoms with van der Waals surface area (Å²) in [4.78, 5) is 13.6. The van der Waals surface area contributed by atoms with E-state index in [1.54, 1.807) is 4.90 Å². The average Bonchev–Trinajstić information content (AvgIpc) is 2.32. The van der Waals surface area contributed by atoms with Crippen molar-refractivity contribution in [2.24, 2.45) is 0 Å². The smallest absolute Gasteiger partial charge is 0.222 e. The molecule has 0 aliphatic heterocycles. The Morgan fingerprint density at radius 2 is 1.88 bits per heavy atom. The fourth-order valence-electron chi connectivity index (χ4n) is 1.67. The Morgan fingerprint density at radius 1 is 1.24 bits per heavy atom. The van der Waals surface area contributed by atoms with Crippen molar-refractivity contribution >= 4 is 17.5 Å². The van der Waals surface area contributed by atoms with Crippen molar-refractivity contribution in [3.8, 4) is 0 Å². The van der Waals surface area contributed by atoms with Crippen molar-refractivity contribution < 1.29 is 4.79 Å². The van der Waals surface area contributed by atoms with Crippen LogP contribution in [0.5, 0.6) is 0 Å². The molecule has 3 heteroatoms. The molecule has 0 radical (unpaired) electrons. The van der Waals surface area contributed by atoms with E-state index < -0.39 is 0 Å². The molecule has 2 nitrogen and oxygen atoms in total. The number of nitrogens with zero attached hydrogens (tertiary/aromatic N) is 1. The van der Waals surface area contributed by atoms with Gasteiger partial charge in [-0.25, -0.2) is 0 Å². The number of carbonyl (C=O) groups is 1. The molecule has 0 spiro atoms. The number of hydrogen-bond donors (Lipinski definition) is 0. The number of benzene rings is 1. The minimum atomic E-state index is 0.216. The van der Waals surface area contributed by atoms with E-state index in [2.05, 4.69) is 6.92 Å². The molecule has 0 heterocycles. The molecule has 1 aromatic rings. The second kappa shape index (κ2) is 7.33. The van der Waals surface area contributed by atoms with E-state index in [0.29, 0.717) is 13.0 Å². The summed E-state index contributed by atoms with van der Waals surface area (Å²) in [5.74, 6) is 0.216. The van der Waals surface area contributed by atoms with Crippen LogP contribution in [0.3, 0.4) is 0 Å². The first-order valence-corrected chi connectivity index (χ1v) is 6.49. The number of amides is 1. The summed E-state index contributed by atoms with van der Waals surface area (Å²) in [6.07, 6.45) is 3.91. The Morgan fingerprint density at radius 3 is 2.47 bits per heavy atom. The van der Waals surface area contributed by atoms with Gasteiger partial charge in [-0.1, -0.05) is 43.5 Å². The monoisotopic (exact) mass is 253 g/mol. The van der Waals surface area contributed by atoms with Crippen molar-refractivity contribution in [1.29, 1.82) is 0 Å². The Kier molecular flexibility index (Phi) is 6.06. The zero-order valence-corrected chi connectivity index (χ0v) is 11.3. The van der Waals surface area contributed by atoms with Crippen molar-refractivity contribution in [3.05, 3.63) is 34.9 Å². The van der Waals surface area contributed by atoms with Gasteiger partial charge in [-0.05, 0) is 24.1 Å². The van der Waals surface area contributed by atoms with Crippen LogP contribution < -0.4 is 0 Å². The third-order valence-electron chi connectivity index (χ3n) is 2.75. The molecule has 0 bridgehead atoms. The summed E-state index contributed by atoms with van der Waals surface area (Å²) in [5, 5.41) is 0.727. The van der Waals surface area contributed by atoms with Gasteiger partial charge in [-0.15, -0.1) is 0 Å². The molecule has 0 atom stereocenters. The summed E-state index contributed by atoms with van der Waals surface area (Å²) in [7, 11) is 1.85. The quantitative estimate of drug-likeness (QED) is 0.705. The van der Waals surface area contributed by atoms with Crippen LogP contribution >= 0.6 is 11.6 Å². The number of rotatable bonds is 6. The fraction of sp³-hybridized carbons (Fsp3) is 0.500. The maximum absolute atomic E-state index is 11.8. The topological polar surface area (TPSA) is 20.3 Å². The number of hydrogen-bond acceptors (Lipinski definition) is 1. The molecule has 1 rings (SSSR count). The third-order valence-corrected chi connectivity index (χ3v) is 3.00. The van der Waals surface area contributed by atoms with E-state index in [-0.39, 0.29) is 5.91 Å². The molecule has 0 saturated heterocycles. The second-order valence-electron chi connectivity index (χ2n) is 4.33. The predicted molar refractivity (Wildman–Crippen MR) is 72.1 cm³/mol. The van der Waals surface area contributed by atoms with Crippen LogP contribution in [0.25, 0.3) is 0 Å². The molecule has 0 N–H and O–H groups in total. The first kappa shape index (κ1) is 14.0. The van der Waals surface area contributed by atoms with E-state index in [0.717, 1.165) is 29.8 Å². The van der Waals surface area contributed by atoms with Crippen LogP contribution in [0.4, 0.5) is 0 Å². The lowest BCUT2D eigenvalue weighted by Gasteiger charge is -2.17. The van der Waals surface area contributed by atoms with Crippen LogP contribution in [0, 0.1) is 0 Å². The standard InChI is InChI=1S/C14H20ClNO/c1-3-4-5-6-14(17)16(2)11-12-7-9-13(15)10-8-12/h7-10H,3-6,11H2,1-2H3. The van der Waals surface area contributed by atoms with Crippen molar-refractivity contribution in [2.75, 3.05) is 7.05 Å². The second-order valence-corrected chi connectivity index (χ2v) is 4.77. The van der Waals surface area contributed by atoms with Gasteiger partial charge in [-0.2, -0.15) is 0 Å². The molecule has 0 aromatic heterocycles. The van der Waals surface area contributed by atoms with Crippen LogP contribution in [0.1, 0.15) is 38.2 Å². The molecule has 94 valence electrons. The molecule has 1 aromatic carbocycles. The Balaban J connectivity index is 2.40. The summed E-state index contributed by atoms with van der Waals surface area (Å²) in [5.41, 5.74) is 1.11. The molecule has 0 aliphatic rings. The average molecular weight is 254 g/mol. The third kappa shape index (κ3) is 5.22. The summed E-state index contributed by atoms with van der Waals surface area (Å²) in [6.45, 7) is 2.80. The van der Waals surface area contributed by atoms with Gasteiger partial charge in [0.05, 0.1) is 0 Å². The van der Waals surface area contributed by atoms with E-state index in [9.17, 15) is 4.79 Å². The first-order chi connectivity index (χ1) is 8.13. The largest absolute Gasteiger partial charge is 0.341 e. The molecule has 17 heavy (non-hydrogen) atoms. The van der Waals surface area contributed by atoms with Gasteiger partial charge in [0.25, 0.3) is 0 Å². The lowest BCUT2D eigenvalue weighted by molar-refractivity contribution is -0.130. The maximum atomic E-state index is 11.8. The molecule has 0 fully saturated rings. The molecule has 1 amide bonds. The zero-order valence-electron chi connectivity index (χ0n) is 10.6. The van der Waals surface area contributed by atoms with Gasteiger partial charge in [0, 0.05) is 25.0 Å². The van der Waals surface area contributed by atoms with Crippen molar-refractivity contribution in [3.63, 3.8) is 0 Å². The van der Waals surface area contributed by atoms with Crippen molar-refractivity contribution in [1.82, 2.24) is 4.90 Å². The highest BCUT2D eigenvalue weighted by atomic mass is 35.5. The van der Waals surface area contributed by atoms with Crippen molar-refractivity contribution in [2.45, 2.75) is 39.2 Å². The maximum Gasteiger partial charge on any atom is 0.222 e. The van der Waals surface area contributed by atoms with Gasteiger partial charge >= 0.3 is 0 Å². The SMILES string of the molecule is CCCCCC(=O)N(C)Cc1ccc(Cl)cc1. The van der Waals surface area contributed by atoms with Crippen LogP contribution in [-0.4, -0.2) is 17.9 Å². The van der Waals surface area contributed by atoms with Crippen LogP contribution in [0.2, 0.25) is 5.02 Å². The molecular formula is C14H20ClNO. The van der Waals surface area contributed by atoms with Gasteiger partial charge < -0.3 is 4.90 Å². The Hall–Kier alpha value is -1.02. The Bertz CT molecular complexity index is 348. The number of halogens is 1. The highest BCUT2D eigenvalue weighted by molar-refractivity contribution is 6.30. The molecule has 0 saturated carbocycles. The summed E-state index contributed by atoms with van der Waals surface area (Å²) in [6, 6.07) is 7.62. The number of carbonyl (C=O) groups excluding carboxylic acids is 1. The Labute approximate surface area is 109 Å². The van der Waals surface area contributed by atoms with E-state index >= 15 is 0 Å².